The van der Waals surface area contributed by atoms with Crippen LogP contribution in [0.25, 0.3) is 0 Å². The summed E-state index contributed by atoms with van der Waals surface area (Å²) in [5, 5.41) is 9.11. The third kappa shape index (κ3) is 2.98. The van der Waals surface area contributed by atoms with Crippen LogP contribution in [-0.2, 0) is 11.3 Å². The van der Waals surface area contributed by atoms with Crippen LogP contribution in [0, 0.1) is 5.82 Å². The van der Waals surface area contributed by atoms with Gasteiger partial charge >= 0.3 is 0 Å². The first-order chi connectivity index (χ1) is 8.56. The van der Waals surface area contributed by atoms with Crippen LogP contribution < -0.4 is 0 Å². The van der Waals surface area contributed by atoms with Crippen molar-refractivity contribution in [2.75, 3.05) is 26.2 Å². The van der Waals surface area contributed by atoms with Crippen LogP contribution in [0.2, 0.25) is 0 Å². The quantitative estimate of drug-likeness (QED) is 0.860. The van der Waals surface area contributed by atoms with Gasteiger partial charge < -0.3 is 10.0 Å². The minimum atomic E-state index is -0.588. The molecule has 98 valence electrons. The summed E-state index contributed by atoms with van der Waals surface area (Å²) in [6, 6.07) is 4.44. The molecule has 0 saturated carbocycles. The zero-order valence-electron chi connectivity index (χ0n) is 10.4. The van der Waals surface area contributed by atoms with Gasteiger partial charge in [-0.3, -0.25) is 9.69 Å². The van der Waals surface area contributed by atoms with E-state index in [1.165, 1.54) is 12.1 Å². The Bertz CT molecular complexity index is 443. The van der Waals surface area contributed by atoms with Crippen LogP contribution in [0.5, 0.6) is 5.75 Å². The Morgan fingerprint density at radius 3 is 2.56 bits per heavy atom. The minimum Gasteiger partial charge on any atom is -0.505 e. The van der Waals surface area contributed by atoms with E-state index in [0.29, 0.717) is 6.54 Å². The summed E-state index contributed by atoms with van der Waals surface area (Å²) in [5.74, 6) is -0.805. The van der Waals surface area contributed by atoms with Crippen molar-refractivity contribution < 1.29 is 14.3 Å². The van der Waals surface area contributed by atoms with Crippen molar-refractivity contribution in [3.8, 4) is 5.75 Å². The molecule has 0 bridgehead atoms. The highest BCUT2D eigenvalue weighted by Crippen LogP contribution is 2.17. The molecule has 0 aromatic heterocycles. The van der Waals surface area contributed by atoms with E-state index in [2.05, 4.69) is 4.90 Å². The summed E-state index contributed by atoms with van der Waals surface area (Å²) in [6.07, 6.45) is 0. The van der Waals surface area contributed by atoms with E-state index in [-0.39, 0.29) is 11.7 Å². The lowest BCUT2D eigenvalue weighted by atomic mass is 10.2. The number of phenols is 1. The molecule has 18 heavy (non-hydrogen) atoms. The van der Waals surface area contributed by atoms with Crippen LogP contribution in [-0.4, -0.2) is 47.0 Å². The highest BCUT2D eigenvalue weighted by Gasteiger charge is 2.18. The van der Waals surface area contributed by atoms with E-state index in [1.807, 2.05) is 4.90 Å². The second-order valence-electron chi connectivity index (χ2n) is 4.57. The summed E-state index contributed by atoms with van der Waals surface area (Å²) >= 11 is 0. The monoisotopic (exact) mass is 252 g/mol. The summed E-state index contributed by atoms with van der Waals surface area (Å²) in [5.41, 5.74) is 0.835. The molecule has 1 aromatic carbocycles. The molecule has 0 atom stereocenters. The van der Waals surface area contributed by atoms with Crippen LogP contribution >= 0.6 is 0 Å². The number of phenolic OH excluding ortho intramolecular Hbond substituents is 1. The number of nitrogens with zero attached hydrogens (tertiary/aromatic N) is 2. The van der Waals surface area contributed by atoms with Crippen molar-refractivity contribution in [3.63, 3.8) is 0 Å². The Hall–Kier alpha value is -1.62. The predicted octanol–water partition coefficient (Wildman–Crippen LogP) is 1.20. The first-order valence-electron chi connectivity index (χ1n) is 6.01. The Labute approximate surface area is 106 Å². The second-order valence-corrected chi connectivity index (χ2v) is 4.57. The molecular formula is C13H17FN2O2. The number of rotatable bonds is 2. The van der Waals surface area contributed by atoms with Crippen molar-refractivity contribution in [2.24, 2.45) is 0 Å². The molecule has 1 aromatic rings. The van der Waals surface area contributed by atoms with Gasteiger partial charge in [0.15, 0.2) is 11.6 Å². The summed E-state index contributed by atoms with van der Waals surface area (Å²) < 4.78 is 13.2. The lowest BCUT2D eigenvalue weighted by molar-refractivity contribution is -0.130. The van der Waals surface area contributed by atoms with Gasteiger partial charge in [-0.25, -0.2) is 4.39 Å². The highest BCUT2D eigenvalue weighted by atomic mass is 19.1. The fourth-order valence-electron chi connectivity index (χ4n) is 2.13. The highest BCUT2D eigenvalue weighted by molar-refractivity contribution is 5.73. The van der Waals surface area contributed by atoms with E-state index in [1.54, 1.807) is 13.0 Å². The molecule has 0 radical (unpaired) electrons. The molecule has 1 saturated heterocycles. The normalized spacial score (nSPS) is 16.9. The number of benzene rings is 1. The number of amides is 1. The Morgan fingerprint density at radius 1 is 1.33 bits per heavy atom. The van der Waals surface area contributed by atoms with Crippen LogP contribution in [0.3, 0.4) is 0 Å². The van der Waals surface area contributed by atoms with Gasteiger partial charge in [-0.2, -0.15) is 0 Å². The standard InChI is InChI=1S/C13H17FN2O2/c1-10(17)16-6-4-15(5-7-16)9-11-2-3-13(18)12(14)8-11/h2-3,8,18H,4-7,9H2,1H3. The van der Waals surface area contributed by atoms with E-state index >= 15 is 0 Å². The predicted molar refractivity (Wildman–Crippen MR) is 65.6 cm³/mol. The Morgan fingerprint density at radius 2 is 2.00 bits per heavy atom. The number of hydrogen-bond acceptors (Lipinski definition) is 3. The van der Waals surface area contributed by atoms with Crippen molar-refractivity contribution >= 4 is 5.91 Å². The molecule has 4 nitrogen and oxygen atoms in total. The van der Waals surface area contributed by atoms with Crippen molar-refractivity contribution in [1.82, 2.24) is 9.80 Å². The first kappa shape index (κ1) is 12.8. The third-order valence-corrected chi connectivity index (χ3v) is 3.24. The third-order valence-electron chi connectivity index (χ3n) is 3.24. The molecule has 1 aliphatic rings. The number of aromatic hydroxyl groups is 1. The Kier molecular flexibility index (Phi) is 3.81. The van der Waals surface area contributed by atoms with Crippen molar-refractivity contribution in [1.29, 1.82) is 0 Å². The minimum absolute atomic E-state index is 0.102. The average molecular weight is 252 g/mol. The van der Waals surface area contributed by atoms with Gasteiger partial charge in [-0.15, -0.1) is 0 Å². The van der Waals surface area contributed by atoms with Gasteiger partial charge in [0.1, 0.15) is 0 Å². The first-order valence-corrected chi connectivity index (χ1v) is 6.01. The fraction of sp³-hybridized carbons (Fsp3) is 0.462. The van der Waals surface area contributed by atoms with Crippen LogP contribution in [0.1, 0.15) is 12.5 Å². The van der Waals surface area contributed by atoms with Crippen molar-refractivity contribution in [3.05, 3.63) is 29.6 Å². The maximum Gasteiger partial charge on any atom is 0.219 e. The van der Waals surface area contributed by atoms with Crippen molar-refractivity contribution in [2.45, 2.75) is 13.5 Å². The lowest BCUT2D eigenvalue weighted by Crippen LogP contribution is -2.47. The van der Waals surface area contributed by atoms with Gasteiger partial charge in [0.2, 0.25) is 5.91 Å². The summed E-state index contributed by atoms with van der Waals surface area (Å²) in [4.78, 5) is 15.2. The molecule has 1 amide bonds. The lowest BCUT2D eigenvalue weighted by Gasteiger charge is -2.34. The van der Waals surface area contributed by atoms with E-state index in [0.717, 1.165) is 31.7 Å². The molecule has 2 rings (SSSR count). The molecule has 1 heterocycles. The Balaban J connectivity index is 1.91. The van der Waals surface area contributed by atoms with Gasteiger partial charge in [0.05, 0.1) is 0 Å². The number of carbonyl (C=O) groups is 1. The topological polar surface area (TPSA) is 43.8 Å². The number of piperazine rings is 1. The molecule has 5 heteroatoms. The fourth-order valence-corrected chi connectivity index (χ4v) is 2.13. The zero-order valence-corrected chi connectivity index (χ0v) is 10.4. The largest absolute Gasteiger partial charge is 0.505 e. The molecular weight excluding hydrogens is 235 g/mol. The number of carbonyl (C=O) groups excluding carboxylic acids is 1. The molecule has 0 unspecified atom stereocenters. The van der Waals surface area contributed by atoms with Gasteiger partial charge in [0, 0.05) is 39.6 Å². The van der Waals surface area contributed by atoms with Gasteiger partial charge in [-0.05, 0) is 17.7 Å². The van der Waals surface area contributed by atoms with E-state index in [4.69, 9.17) is 5.11 Å². The van der Waals surface area contributed by atoms with E-state index < -0.39 is 5.82 Å². The molecule has 1 N–H and O–H groups in total. The smallest absolute Gasteiger partial charge is 0.219 e. The molecule has 1 fully saturated rings. The summed E-state index contributed by atoms with van der Waals surface area (Å²) in [7, 11) is 0. The average Bonchev–Trinajstić information content (AvgIpc) is 2.34. The maximum absolute atomic E-state index is 13.2. The van der Waals surface area contributed by atoms with E-state index in [9.17, 15) is 9.18 Å². The van der Waals surface area contributed by atoms with Crippen LogP contribution in [0.4, 0.5) is 4.39 Å². The van der Waals surface area contributed by atoms with Gasteiger partial charge in [-0.1, -0.05) is 6.07 Å². The molecule has 1 aliphatic heterocycles. The summed E-state index contributed by atoms with van der Waals surface area (Å²) in [6.45, 7) is 5.24. The molecule has 0 spiro atoms. The SMILES string of the molecule is CC(=O)N1CCN(Cc2ccc(O)c(F)c2)CC1. The van der Waals surface area contributed by atoms with Gasteiger partial charge in [0.25, 0.3) is 0 Å². The molecule has 0 aliphatic carbocycles. The number of halogens is 1. The second kappa shape index (κ2) is 5.35. The van der Waals surface area contributed by atoms with Crippen LogP contribution in [0.15, 0.2) is 18.2 Å². The number of hydrogen-bond donors (Lipinski definition) is 1. The zero-order chi connectivity index (χ0) is 13.1. The maximum atomic E-state index is 13.2.